The lowest BCUT2D eigenvalue weighted by atomic mass is 9.67. The zero-order chi connectivity index (χ0) is 32.0. The molecule has 3 aliphatic heterocycles. The zero-order valence-corrected chi connectivity index (χ0v) is 27.6. The van der Waals surface area contributed by atoms with Gasteiger partial charge in [-0.2, -0.15) is 0 Å². The van der Waals surface area contributed by atoms with Crippen LogP contribution in [0.25, 0.3) is 6.08 Å². The Labute approximate surface area is 278 Å². The van der Waals surface area contributed by atoms with Crippen LogP contribution in [0.4, 0.5) is 27.8 Å². The summed E-state index contributed by atoms with van der Waals surface area (Å²) in [6.07, 6.45) is 1.75. The SMILES string of the molecule is CC1(C)c2ccccc2N2c3sc(C=C4C(=O)N(c5ccccc5)C(=S)N(c5ccccc5)C4=O)cc3C(C)(C)c3cccc1c32. The number of para-hydroxylation sites is 4. The maximum Gasteiger partial charge on any atom is 0.270 e. The normalized spacial score (nSPS) is 17.4. The Morgan fingerprint density at radius 3 is 1.70 bits per heavy atom. The lowest BCUT2D eigenvalue weighted by molar-refractivity contribution is -0.120. The summed E-state index contributed by atoms with van der Waals surface area (Å²) in [4.78, 5) is 34.5. The van der Waals surface area contributed by atoms with Crippen LogP contribution in [0.5, 0.6) is 0 Å². The van der Waals surface area contributed by atoms with E-state index < -0.39 is 11.8 Å². The van der Waals surface area contributed by atoms with Gasteiger partial charge in [-0.05, 0) is 76.9 Å². The van der Waals surface area contributed by atoms with Gasteiger partial charge in [-0.3, -0.25) is 19.4 Å². The minimum atomic E-state index is -0.436. The molecule has 3 aliphatic rings. The van der Waals surface area contributed by atoms with Crippen molar-refractivity contribution < 1.29 is 9.59 Å². The number of amides is 2. The molecule has 8 rings (SSSR count). The van der Waals surface area contributed by atoms with Crippen LogP contribution in [0.3, 0.4) is 0 Å². The lowest BCUT2D eigenvalue weighted by Crippen LogP contribution is -2.56. The van der Waals surface area contributed by atoms with E-state index in [0.717, 1.165) is 21.1 Å². The number of thiophene rings is 1. The number of benzene rings is 4. The van der Waals surface area contributed by atoms with Crippen molar-refractivity contribution in [2.24, 2.45) is 0 Å². The van der Waals surface area contributed by atoms with Crippen LogP contribution in [0, 0.1) is 0 Å². The van der Waals surface area contributed by atoms with Crippen molar-refractivity contribution >= 4 is 74.3 Å². The molecule has 0 unspecified atom stereocenters. The number of thiocarbonyl (C=S) groups is 1. The maximum atomic E-state index is 14.2. The number of carbonyl (C=O) groups excluding carboxylic acids is 2. The van der Waals surface area contributed by atoms with Crippen LogP contribution in [-0.2, 0) is 20.4 Å². The molecule has 0 N–H and O–H groups in total. The summed E-state index contributed by atoms with van der Waals surface area (Å²) in [5, 5.41) is 1.23. The van der Waals surface area contributed by atoms with Gasteiger partial charge in [0, 0.05) is 15.7 Å². The Kier molecular flexibility index (Phi) is 6.27. The van der Waals surface area contributed by atoms with E-state index in [-0.39, 0.29) is 21.5 Å². The fraction of sp³-hybridized carbons (Fsp3) is 0.154. The number of nitrogens with zero attached hydrogens (tertiary/aromatic N) is 3. The fourth-order valence-corrected chi connectivity index (χ4v) is 8.84. The van der Waals surface area contributed by atoms with Gasteiger partial charge >= 0.3 is 0 Å². The van der Waals surface area contributed by atoms with Crippen LogP contribution >= 0.6 is 23.6 Å². The molecule has 46 heavy (non-hydrogen) atoms. The summed E-state index contributed by atoms with van der Waals surface area (Å²) in [6.45, 7) is 9.12. The van der Waals surface area contributed by atoms with E-state index >= 15 is 0 Å². The Balaban J connectivity index is 1.32. The third kappa shape index (κ3) is 3.95. The van der Waals surface area contributed by atoms with Crippen LogP contribution < -0.4 is 14.7 Å². The summed E-state index contributed by atoms with van der Waals surface area (Å²) in [5.74, 6) is -0.871. The van der Waals surface area contributed by atoms with Gasteiger partial charge in [0.25, 0.3) is 11.8 Å². The molecule has 1 aromatic heterocycles. The predicted molar refractivity (Wildman–Crippen MR) is 192 cm³/mol. The second-order valence-corrected chi connectivity index (χ2v) is 14.4. The molecule has 5 nitrogen and oxygen atoms in total. The zero-order valence-electron chi connectivity index (χ0n) is 25.9. The highest BCUT2D eigenvalue weighted by atomic mass is 32.1. The average Bonchev–Trinajstić information content (AvgIpc) is 3.49. The van der Waals surface area contributed by atoms with E-state index in [4.69, 9.17) is 12.2 Å². The topological polar surface area (TPSA) is 43.9 Å². The third-order valence-electron chi connectivity index (χ3n) is 9.60. The standard InChI is InChI=1S/C39H31N3O2S2/c1-38(2)28-18-11-12-21-32(28)42-33-29(38)19-13-20-30(33)39(3,4)31-23-26(46-36(31)42)22-27-34(43)40(24-14-7-5-8-15-24)37(45)41(35(27)44)25-16-9-6-10-17-25/h5-23H,1-4H3. The highest BCUT2D eigenvalue weighted by Gasteiger charge is 2.47. The molecule has 0 atom stereocenters. The first-order valence-electron chi connectivity index (χ1n) is 15.3. The van der Waals surface area contributed by atoms with Crippen molar-refractivity contribution in [2.75, 3.05) is 14.7 Å². The molecule has 0 spiro atoms. The highest BCUT2D eigenvalue weighted by molar-refractivity contribution is 7.81. The molecule has 5 aromatic rings. The van der Waals surface area contributed by atoms with E-state index in [1.807, 2.05) is 60.7 Å². The number of hydrogen-bond donors (Lipinski definition) is 0. The monoisotopic (exact) mass is 637 g/mol. The van der Waals surface area contributed by atoms with E-state index in [2.05, 4.69) is 81.1 Å². The molecule has 4 aromatic carbocycles. The van der Waals surface area contributed by atoms with Gasteiger partial charge in [0.1, 0.15) is 10.6 Å². The predicted octanol–water partition coefficient (Wildman–Crippen LogP) is 9.24. The van der Waals surface area contributed by atoms with Crippen molar-refractivity contribution in [2.45, 2.75) is 38.5 Å². The molecule has 1 fully saturated rings. The molecule has 226 valence electrons. The van der Waals surface area contributed by atoms with Gasteiger partial charge in [0.15, 0.2) is 5.11 Å². The van der Waals surface area contributed by atoms with Crippen LogP contribution in [0.15, 0.2) is 115 Å². The minimum Gasteiger partial charge on any atom is -0.301 e. The number of fused-ring (bicyclic) bond motifs is 4. The van der Waals surface area contributed by atoms with Crippen molar-refractivity contribution in [3.05, 3.63) is 142 Å². The van der Waals surface area contributed by atoms with Crippen LogP contribution in [0.2, 0.25) is 0 Å². The molecular weight excluding hydrogens is 607 g/mol. The molecule has 0 bridgehead atoms. The average molecular weight is 638 g/mol. The largest absolute Gasteiger partial charge is 0.301 e. The third-order valence-corrected chi connectivity index (χ3v) is 11.0. The van der Waals surface area contributed by atoms with E-state index in [9.17, 15) is 9.59 Å². The number of anilines is 5. The second-order valence-electron chi connectivity index (χ2n) is 13.0. The molecule has 4 heterocycles. The lowest BCUT2D eigenvalue weighted by Gasteiger charge is -2.48. The Morgan fingerprint density at radius 2 is 1.11 bits per heavy atom. The number of rotatable bonds is 3. The molecule has 0 aliphatic carbocycles. The van der Waals surface area contributed by atoms with Crippen molar-refractivity contribution in [1.29, 1.82) is 0 Å². The van der Waals surface area contributed by atoms with Crippen molar-refractivity contribution in [3.63, 3.8) is 0 Å². The van der Waals surface area contributed by atoms with Crippen molar-refractivity contribution in [3.8, 4) is 0 Å². The van der Waals surface area contributed by atoms with Gasteiger partial charge in [-0.25, -0.2) is 0 Å². The molecule has 0 saturated carbocycles. The molecule has 0 radical (unpaired) electrons. The summed E-state index contributed by atoms with van der Waals surface area (Å²) < 4.78 is 0. The van der Waals surface area contributed by atoms with E-state index in [1.54, 1.807) is 17.4 Å². The Bertz CT molecular complexity index is 2070. The fourth-order valence-electron chi connectivity index (χ4n) is 7.18. The summed E-state index contributed by atoms with van der Waals surface area (Å²) in [7, 11) is 0. The van der Waals surface area contributed by atoms with Gasteiger partial charge in [0.05, 0.1) is 22.7 Å². The maximum absolute atomic E-state index is 14.2. The smallest absolute Gasteiger partial charge is 0.270 e. The molecule has 7 heteroatoms. The van der Waals surface area contributed by atoms with Gasteiger partial charge in [0.2, 0.25) is 0 Å². The van der Waals surface area contributed by atoms with Crippen LogP contribution in [-0.4, -0.2) is 16.9 Å². The van der Waals surface area contributed by atoms with Gasteiger partial charge in [-0.15, -0.1) is 11.3 Å². The molecule has 2 amide bonds. The summed E-state index contributed by atoms with van der Waals surface area (Å²) in [6, 6.07) is 36.0. The number of carbonyl (C=O) groups is 2. The second kappa shape index (κ2) is 10.1. The highest BCUT2D eigenvalue weighted by Crippen LogP contribution is 2.61. The van der Waals surface area contributed by atoms with Crippen LogP contribution in [0.1, 0.15) is 54.8 Å². The van der Waals surface area contributed by atoms with Gasteiger partial charge in [-0.1, -0.05) is 100 Å². The Hall–Kier alpha value is -4.85. The molecular formula is C39H31N3O2S2. The van der Waals surface area contributed by atoms with E-state index in [1.165, 1.54) is 32.2 Å². The first-order valence-corrected chi connectivity index (χ1v) is 16.6. The summed E-state index contributed by atoms with van der Waals surface area (Å²) in [5.41, 5.74) is 8.18. The first kappa shape index (κ1) is 28.6. The quantitative estimate of drug-likeness (QED) is 0.112. The van der Waals surface area contributed by atoms with Gasteiger partial charge < -0.3 is 4.90 Å². The Morgan fingerprint density at radius 1 is 0.609 bits per heavy atom. The van der Waals surface area contributed by atoms with E-state index in [0.29, 0.717) is 11.4 Å². The first-order chi connectivity index (χ1) is 22.1. The minimum absolute atomic E-state index is 0.0658. The number of hydrogen-bond acceptors (Lipinski definition) is 5. The van der Waals surface area contributed by atoms with Crippen molar-refractivity contribution in [1.82, 2.24) is 0 Å². The molecule has 1 saturated heterocycles. The summed E-state index contributed by atoms with van der Waals surface area (Å²) >= 11 is 7.42.